The summed E-state index contributed by atoms with van der Waals surface area (Å²) >= 11 is 0. The van der Waals surface area contributed by atoms with Gasteiger partial charge in [-0.1, -0.05) is 13.8 Å². The highest BCUT2D eigenvalue weighted by molar-refractivity contribution is 5.94. The molecule has 0 bridgehead atoms. The summed E-state index contributed by atoms with van der Waals surface area (Å²) in [6.07, 6.45) is 3.63. The molecule has 0 amide bonds. The first-order valence-corrected chi connectivity index (χ1v) is 8.50. The topological polar surface area (TPSA) is 29.5 Å². The molecular weight excluding hydrogens is 310 g/mol. The molecule has 0 saturated carbocycles. The highest BCUT2D eigenvalue weighted by atomic mass is 35.5. The summed E-state index contributed by atoms with van der Waals surface area (Å²) in [6, 6.07) is 7.41. The van der Waals surface area contributed by atoms with Gasteiger partial charge in [0, 0.05) is 18.7 Å². The quantitative estimate of drug-likeness (QED) is 0.543. The standard InChI is InChI=1S/C19H29NO2.ClH/c1-15-12-16(2)14-20(13-15)10-4-5-11-22-19-8-6-18(7-9-19)17(3)21;/h6-9,15-16H,4-5,10-14H2,1-3H3;1H. The van der Waals surface area contributed by atoms with Crippen LogP contribution in [-0.4, -0.2) is 36.9 Å². The van der Waals surface area contributed by atoms with Crippen LogP contribution in [0.25, 0.3) is 0 Å². The largest absolute Gasteiger partial charge is 0.494 e. The Morgan fingerprint density at radius 3 is 2.30 bits per heavy atom. The predicted octanol–water partition coefficient (Wildman–Crippen LogP) is 4.45. The van der Waals surface area contributed by atoms with Gasteiger partial charge in [-0.2, -0.15) is 0 Å². The van der Waals surface area contributed by atoms with Crippen molar-refractivity contribution in [2.45, 2.75) is 40.0 Å². The lowest BCUT2D eigenvalue weighted by molar-refractivity contribution is 0.101. The Morgan fingerprint density at radius 2 is 1.74 bits per heavy atom. The normalized spacial score (nSPS) is 21.5. The number of carbonyl (C=O) groups is 1. The van der Waals surface area contributed by atoms with Gasteiger partial charge in [-0.15, -0.1) is 12.4 Å². The maximum atomic E-state index is 11.2. The SMILES string of the molecule is CC(=O)c1ccc(OCCCCN2CC(C)CC(C)C2)cc1.Cl. The summed E-state index contributed by atoms with van der Waals surface area (Å²) < 4.78 is 5.74. The Balaban J connectivity index is 0.00000264. The van der Waals surface area contributed by atoms with Crippen molar-refractivity contribution >= 4 is 18.2 Å². The molecule has 130 valence electrons. The van der Waals surface area contributed by atoms with E-state index in [0.29, 0.717) is 0 Å². The second-order valence-corrected chi connectivity index (χ2v) is 6.84. The fourth-order valence-electron chi connectivity index (χ4n) is 3.39. The number of unbranched alkanes of at least 4 members (excludes halogenated alkanes) is 1. The third kappa shape index (κ3) is 6.92. The minimum Gasteiger partial charge on any atom is -0.494 e. The number of ether oxygens (including phenoxy) is 1. The first kappa shape index (κ1) is 20.0. The van der Waals surface area contributed by atoms with Gasteiger partial charge in [0.2, 0.25) is 0 Å². The molecule has 1 aromatic carbocycles. The minimum atomic E-state index is 0. The highest BCUT2D eigenvalue weighted by Crippen LogP contribution is 2.21. The van der Waals surface area contributed by atoms with Crippen molar-refractivity contribution in [2.75, 3.05) is 26.2 Å². The molecule has 1 aliphatic rings. The molecular formula is C19H30ClNO2. The van der Waals surface area contributed by atoms with Gasteiger partial charge in [-0.3, -0.25) is 4.79 Å². The van der Waals surface area contributed by atoms with Crippen LogP contribution in [0.1, 0.15) is 50.4 Å². The van der Waals surface area contributed by atoms with Crippen molar-refractivity contribution in [1.29, 1.82) is 0 Å². The molecule has 0 aromatic heterocycles. The van der Waals surface area contributed by atoms with Crippen molar-refractivity contribution in [3.8, 4) is 5.75 Å². The van der Waals surface area contributed by atoms with E-state index in [4.69, 9.17) is 4.74 Å². The van der Waals surface area contributed by atoms with Crippen LogP contribution >= 0.6 is 12.4 Å². The Kier molecular flexibility index (Phi) is 8.64. The molecule has 0 radical (unpaired) electrons. The molecule has 0 N–H and O–H groups in total. The average Bonchev–Trinajstić information content (AvgIpc) is 2.46. The van der Waals surface area contributed by atoms with Crippen LogP contribution in [0.15, 0.2) is 24.3 Å². The van der Waals surface area contributed by atoms with Gasteiger partial charge >= 0.3 is 0 Å². The molecule has 0 aliphatic carbocycles. The van der Waals surface area contributed by atoms with Gasteiger partial charge in [0.15, 0.2) is 5.78 Å². The maximum Gasteiger partial charge on any atom is 0.159 e. The molecule has 2 unspecified atom stereocenters. The number of likely N-dealkylation sites (tertiary alicyclic amines) is 1. The van der Waals surface area contributed by atoms with E-state index < -0.39 is 0 Å². The van der Waals surface area contributed by atoms with Crippen LogP contribution in [0.5, 0.6) is 5.75 Å². The zero-order valence-electron chi connectivity index (χ0n) is 14.6. The zero-order chi connectivity index (χ0) is 15.9. The van der Waals surface area contributed by atoms with Crippen molar-refractivity contribution in [3.05, 3.63) is 29.8 Å². The van der Waals surface area contributed by atoms with Gasteiger partial charge in [-0.25, -0.2) is 0 Å². The molecule has 3 nitrogen and oxygen atoms in total. The summed E-state index contributed by atoms with van der Waals surface area (Å²) in [7, 11) is 0. The van der Waals surface area contributed by atoms with Crippen molar-refractivity contribution in [2.24, 2.45) is 11.8 Å². The lowest BCUT2D eigenvalue weighted by atomic mass is 9.92. The third-order valence-corrected chi connectivity index (χ3v) is 4.34. The molecule has 2 atom stereocenters. The number of piperidine rings is 1. The first-order chi connectivity index (χ1) is 10.5. The van der Waals surface area contributed by atoms with Gasteiger partial charge < -0.3 is 9.64 Å². The lowest BCUT2D eigenvalue weighted by Gasteiger charge is -2.34. The Labute approximate surface area is 146 Å². The molecule has 1 saturated heterocycles. The summed E-state index contributed by atoms with van der Waals surface area (Å²) in [5.74, 6) is 2.61. The first-order valence-electron chi connectivity index (χ1n) is 8.50. The van der Waals surface area contributed by atoms with E-state index in [-0.39, 0.29) is 18.2 Å². The van der Waals surface area contributed by atoms with Gasteiger partial charge in [-0.05, 0) is 68.8 Å². The number of hydrogen-bond acceptors (Lipinski definition) is 3. The van der Waals surface area contributed by atoms with Crippen molar-refractivity contribution < 1.29 is 9.53 Å². The molecule has 1 aliphatic heterocycles. The molecule has 1 fully saturated rings. The Morgan fingerprint density at radius 1 is 1.13 bits per heavy atom. The third-order valence-electron chi connectivity index (χ3n) is 4.34. The smallest absolute Gasteiger partial charge is 0.159 e. The molecule has 4 heteroatoms. The second kappa shape index (κ2) is 9.94. The number of nitrogens with zero attached hydrogens (tertiary/aromatic N) is 1. The average molecular weight is 340 g/mol. The number of hydrogen-bond donors (Lipinski definition) is 0. The number of ketones is 1. The summed E-state index contributed by atoms with van der Waals surface area (Å²) in [6.45, 7) is 10.7. The minimum absolute atomic E-state index is 0. The van der Waals surface area contributed by atoms with Crippen LogP contribution in [0.2, 0.25) is 0 Å². The Hall–Kier alpha value is -1.06. The molecule has 1 aromatic rings. The van der Waals surface area contributed by atoms with Gasteiger partial charge in [0.1, 0.15) is 5.75 Å². The molecule has 23 heavy (non-hydrogen) atoms. The zero-order valence-corrected chi connectivity index (χ0v) is 15.4. The van der Waals surface area contributed by atoms with Crippen LogP contribution in [-0.2, 0) is 0 Å². The summed E-state index contributed by atoms with van der Waals surface area (Å²) in [5, 5.41) is 0. The van der Waals surface area contributed by atoms with Crippen LogP contribution < -0.4 is 4.74 Å². The van der Waals surface area contributed by atoms with E-state index in [1.54, 1.807) is 6.92 Å². The van der Waals surface area contributed by atoms with E-state index >= 15 is 0 Å². The van der Waals surface area contributed by atoms with Crippen molar-refractivity contribution in [3.63, 3.8) is 0 Å². The number of halogens is 1. The maximum absolute atomic E-state index is 11.2. The Bertz CT molecular complexity index is 465. The number of rotatable bonds is 7. The fourth-order valence-corrected chi connectivity index (χ4v) is 3.39. The van der Waals surface area contributed by atoms with Crippen LogP contribution in [0.4, 0.5) is 0 Å². The number of benzene rings is 1. The molecule has 2 rings (SSSR count). The van der Waals surface area contributed by atoms with E-state index in [1.165, 1.54) is 32.5 Å². The van der Waals surface area contributed by atoms with E-state index in [1.807, 2.05) is 24.3 Å². The van der Waals surface area contributed by atoms with Gasteiger partial charge in [0.05, 0.1) is 6.61 Å². The number of Topliss-reactive ketones (excluding diaryl/α,β-unsaturated/α-hetero) is 1. The van der Waals surface area contributed by atoms with Crippen LogP contribution in [0.3, 0.4) is 0 Å². The lowest BCUT2D eigenvalue weighted by Crippen LogP contribution is -2.39. The van der Waals surface area contributed by atoms with E-state index in [2.05, 4.69) is 18.7 Å². The highest BCUT2D eigenvalue weighted by Gasteiger charge is 2.20. The van der Waals surface area contributed by atoms with Gasteiger partial charge in [0.25, 0.3) is 0 Å². The van der Waals surface area contributed by atoms with E-state index in [9.17, 15) is 4.79 Å². The van der Waals surface area contributed by atoms with Crippen molar-refractivity contribution in [1.82, 2.24) is 4.90 Å². The van der Waals surface area contributed by atoms with Crippen LogP contribution in [0, 0.1) is 11.8 Å². The summed E-state index contributed by atoms with van der Waals surface area (Å²) in [5.41, 5.74) is 0.737. The second-order valence-electron chi connectivity index (χ2n) is 6.84. The van der Waals surface area contributed by atoms with E-state index in [0.717, 1.165) is 36.2 Å². The predicted molar refractivity (Wildman–Crippen MR) is 97.8 cm³/mol. The number of carbonyl (C=O) groups excluding carboxylic acids is 1. The molecule has 0 spiro atoms. The fraction of sp³-hybridized carbons (Fsp3) is 0.632. The summed E-state index contributed by atoms with van der Waals surface area (Å²) in [4.78, 5) is 13.8. The molecule has 1 heterocycles. The monoisotopic (exact) mass is 339 g/mol.